The normalized spacial score (nSPS) is 11.7. The monoisotopic (exact) mass is 389 g/mol. The van der Waals surface area contributed by atoms with Gasteiger partial charge in [0.05, 0.1) is 5.52 Å². The summed E-state index contributed by atoms with van der Waals surface area (Å²) in [5.74, 6) is 0. The van der Waals surface area contributed by atoms with E-state index >= 15 is 0 Å². The highest BCUT2D eigenvalue weighted by Crippen LogP contribution is 2.45. The Labute approximate surface area is 165 Å². The van der Waals surface area contributed by atoms with E-state index < -0.39 is 0 Å². The fraction of sp³-hybridized carbons (Fsp3) is 0.182. The number of rotatable bonds is 2. The molecule has 0 saturated heterocycles. The van der Waals surface area contributed by atoms with E-state index in [1.807, 2.05) is 29.0 Å². The van der Waals surface area contributed by atoms with Crippen LogP contribution in [0.2, 0.25) is 0 Å². The molecule has 0 amide bonds. The summed E-state index contributed by atoms with van der Waals surface area (Å²) in [4.78, 5) is 5.31. The van der Waals surface area contributed by atoms with Crippen LogP contribution in [0.1, 0.15) is 19.5 Å². The Morgan fingerprint density at radius 3 is 2.07 bits per heavy atom. The summed E-state index contributed by atoms with van der Waals surface area (Å²) < 4.78 is 2.12. The van der Waals surface area contributed by atoms with Gasteiger partial charge < -0.3 is 0 Å². The number of pyridine rings is 1. The molecule has 0 saturated carbocycles. The Hall–Kier alpha value is -2.50. The van der Waals surface area contributed by atoms with E-state index in [0.29, 0.717) is 0 Å². The number of para-hydroxylation sites is 1. The van der Waals surface area contributed by atoms with Crippen molar-refractivity contribution in [1.82, 2.24) is 14.6 Å². The number of thiophene rings is 2. The van der Waals surface area contributed by atoms with Crippen LogP contribution in [0.15, 0.2) is 42.7 Å². The van der Waals surface area contributed by atoms with Gasteiger partial charge in [0.2, 0.25) is 0 Å². The Morgan fingerprint density at radius 1 is 0.815 bits per heavy atom. The van der Waals surface area contributed by atoms with Crippen LogP contribution in [-0.4, -0.2) is 14.6 Å². The maximum atomic E-state index is 4.54. The van der Waals surface area contributed by atoms with E-state index in [1.54, 1.807) is 0 Å². The zero-order valence-electron chi connectivity index (χ0n) is 15.7. The Morgan fingerprint density at radius 2 is 1.44 bits per heavy atom. The summed E-state index contributed by atoms with van der Waals surface area (Å²) in [7, 11) is 0. The molecule has 4 aromatic heterocycles. The van der Waals surface area contributed by atoms with Crippen molar-refractivity contribution in [2.75, 3.05) is 0 Å². The molecule has 0 radical (unpaired) electrons. The summed E-state index contributed by atoms with van der Waals surface area (Å²) in [5, 5.41) is 10.0. The topological polar surface area (TPSA) is 30.2 Å². The number of nitrogens with zero attached hydrogens (tertiary/aromatic N) is 3. The lowest BCUT2D eigenvalue weighted by Gasteiger charge is -2.15. The van der Waals surface area contributed by atoms with Crippen LogP contribution in [-0.2, 0) is 0 Å². The molecule has 0 N–H and O–H groups in total. The predicted molar refractivity (Wildman–Crippen MR) is 116 cm³/mol. The second kappa shape index (κ2) is 6.01. The fourth-order valence-electron chi connectivity index (χ4n) is 4.02. The average Bonchev–Trinajstić information content (AvgIpc) is 3.33. The lowest BCUT2D eigenvalue weighted by atomic mass is 9.92. The second-order valence-corrected chi connectivity index (χ2v) is 9.87. The maximum Gasteiger partial charge on any atom is 0.169 e. The molecule has 0 bridgehead atoms. The third kappa shape index (κ3) is 2.46. The first kappa shape index (κ1) is 16.7. The molecular weight excluding hydrogens is 370 g/mol. The lowest BCUT2D eigenvalue weighted by Crippen LogP contribution is -1.96. The summed E-state index contributed by atoms with van der Waals surface area (Å²) in [6, 6.07) is 13.2. The highest BCUT2D eigenvalue weighted by molar-refractivity contribution is 7.12. The summed E-state index contributed by atoms with van der Waals surface area (Å²) >= 11 is 3.69. The van der Waals surface area contributed by atoms with Crippen molar-refractivity contribution < 1.29 is 0 Å². The molecule has 0 aliphatic rings. The van der Waals surface area contributed by atoms with Crippen molar-refractivity contribution in [3.63, 3.8) is 0 Å². The van der Waals surface area contributed by atoms with Gasteiger partial charge >= 0.3 is 0 Å². The molecule has 134 valence electrons. The summed E-state index contributed by atoms with van der Waals surface area (Å²) in [6.45, 7) is 8.76. The van der Waals surface area contributed by atoms with Gasteiger partial charge in [-0.25, -0.2) is 0 Å². The molecule has 4 heterocycles. The van der Waals surface area contributed by atoms with Crippen molar-refractivity contribution >= 4 is 39.2 Å². The van der Waals surface area contributed by atoms with Crippen molar-refractivity contribution in [3.8, 4) is 22.3 Å². The van der Waals surface area contributed by atoms with E-state index in [9.17, 15) is 0 Å². The third-order valence-electron chi connectivity index (χ3n) is 5.07. The zero-order chi connectivity index (χ0) is 18.7. The van der Waals surface area contributed by atoms with Crippen molar-refractivity contribution in [2.45, 2.75) is 27.7 Å². The molecule has 0 spiro atoms. The highest BCUT2D eigenvalue weighted by atomic mass is 32.1. The molecule has 0 atom stereocenters. The van der Waals surface area contributed by atoms with Crippen LogP contribution in [0.5, 0.6) is 0 Å². The molecule has 1 aromatic carbocycles. The minimum absolute atomic E-state index is 0.924. The molecule has 0 fully saturated rings. The van der Waals surface area contributed by atoms with Crippen molar-refractivity contribution in [1.29, 1.82) is 0 Å². The molecule has 0 aliphatic carbocycles. The van der Waals surface area contributed by atoms with Crippen LogP contribution >= 0.6 is 22.7 Å². The summed E-state index contributed by atoms with van der Waals surface area (Å²) in [5.41, 5.74) is 7.09. The van der Waals surface area contributed by atoms with Gasteiger partial charge in [-0.15, -0.1) is 32.9 Å². The van der Waals surface area contributed by atoms with Crippen LogP contribution in [0.4, 0.5) is 0 Å². The first-order valence-corrected chi connectivity index (χ1v) is 10.6. The van der Waals surface area contributed by atoms with Crippen molar-refractivity contribution in [3.05, 3.63) is 62.2 Å². The van der Waals surface area contributed by atoms with Crippen LogP contribution < -0.4 is 0 Å². The Balaban J connectivity index is 2.06. The van der Waals surface area contributed by atoms with Crippen LogP contribution in [0, 0.1) is 27.7 Å². The summed E-state index contributed by atoms with van der Waals surface area (Å²) in [6.07, 6.45) is 1.82. The van der Waals surface area contributed by atoms with E-state index in [1.165, 1.54) is 47.1 Å². The van der Waals surface area contributed by atoms with E-state index in [0.717, 1.165) is 11.2 Å². The number of hydrogen-bond acceptors (Lipinski definition) is 4. The minimum atomic E-state index is 0.924. The highest BCUT2D eigenvalue weighted by Gasteiger charge is 2.23. The first-order chi connectivity index (χ1) is 13.0. The standard InChI is InChI=1S/C22H19N3S2/c1-12-9-17(14(3)26-12)20-16-7-5-6-8-19(16)25-11-23-24-22(25)21(20)18-10-13(2)27-15(18)4/h5-11H,1-4H3. The van der Waals surface area contributed by atoms with Gasteiger partial charge in [-0.2, -0.15) is 0 Å². The molecule has 5 heteroatoms. The zero-order valence-corrected chi connectivity index (χ0v) is 17.3. The molecular formula is C22H19N3S2. The Kier molecular flexibility index (Phi) is 3.71. The predicted octanol–water partition coefficient (Wildman–Crippen LogP) is 6.57. The second-order valence-electron chi connectivity index (χ2n) is 6.95. The van der Waals surface area contributed by atoms with Gasteiger partial charge in [0.1, 0.15) is 6.33 Å². The third-order valence-corrected chi connectivity index (χ3v) is 7.01. The van der Waals surface area contributed by atoms with Crippen LogP contribution in [0.3, 0.4) is 0 Å². The fourth-order valence-corrected chi connectivity index (χ4v) is 5.88. The maximum absolute atomic E-state index is 4.54. The lowest BCUT2D eigenvalue weighted by molar-refractivity contribution is 1.11. The number of aryl methyl sites for hydroxylation is 4. The van der Waals surface area contributed by atoms with Gasteiger partial charge in [-0.1, -0.05) is 18.2 Å². The quantitative estimate of drug-likeness (QED) is 0.342. The number of benzene rings is 1. The SMILES string of the molecule is Cc1cc(-c2c(-c3cc(C)sc3C)c3nncn3c3ccccc23)c(C)s1. The van der Waals surface area contributed by atoms with Gasteiger partial charge in [0.25, 0.3) is 0 Å². The largest absolute Gasteiger partial charge is 0.281 e. The molecule has 0 aliphatic heterocycles. The number of aromatic nitrogens is 3. The number of fused-ring (bicyclic) bond motifs is 3. The number of hydrogen-bond donors (Lipinski definition) is 0. The average molecular weight is 390 g/mol. The molecule has 3 nitrogen and oxygen atoms in total. The van der Waals surface area contributed by atoms with Gasteiger partial charge in [-0.3, -0.25) is 4.40 Å². The molecule has 0 unspecified atom stereocenters. The van der Waals surface area contributed by atoms with Crippen LogP contribution in [0.25, 0.3) is 38.8 Å². The Bertz CT molecular complexity index is 1320. The molecule has 5 aromatic rings. The van der Waals surface area contributed by atoms with E-state index in [4.69, 9.17) is 0 Å². The van der Waals surface area contributed by atoms with Gasteiger partial charge in [0.15, 0.2) is 5.65 Å². The smallest absolute Gasteiger partial charge is 0.169 e. The van der Waals surface area contributed by atoms with E-state index in [2.05, 4.69) is 78.7 Å². The van der Waals surface area contributed by atoms with Gasteiger partial charge in [-0.05, 0) is 57.0 Å². The van der Waals surface area contributed by atoms with Crippen molar-refractivity contribution in [2.24, 2.45) is 0 Å². The van der Waals surface area contributed by atoms with Gasteiger partial charge in [0, 0.05) is 36.0 Å². The first-order valence-electron chi connectivity index (χ1n) is 8.94. The molecule has 5 rings (SSSR count). The molecule has 27 heavy (non-hydrogen) atoms. The minimum Gasteiger partial charge on any atom is -0.281 e. The van der Waals surface area contributed by atoms with E-state index in [-0.39, 0.29) is 0 Å².